The van der Waals surface area contributed by atoms with Gasteiger partial charge in [-0.05, 0) is 37.5 Å². The first-order valence-corrected chi connectivity index (χ1v) is 9.50. The highest BCUT2D eigenvalue weighted by molar-refractivity contribution is 14.0. The van der Waals surface area contributed by atoms with Crippen LogP contribution in [0.3, 0.4) is 0 Å². The number of nitrogens with zero attached hydrogens (tertiary/aromatic N) is 4. The molecule has 0 aliphatic carbocycles. The Morgan fingerprint density at radius 2 is 2.14 bits per heavy atom. The number of guanidine groups is 1. The zero-order chi connectivity index (χ0) is 19.9. The van der Waals surface area contributed by atoms with Gasteiger partial charge >= 0.3 is 5.97 Å². The van der Waals surface area contributed by atoms with Gasteiger partial charge in [-0.25, -0.2) is 14.4 Å². The lowest BCUT2D eigenvalue weighted by Crippen LogP contribution is -2.46. The number of hydrogen-bond donors (Lipinski definition) is 1. The summed E-state index contributed by atoms with van der Waals surface area (Å²) in [6.07, 6.45) is 6.37. The molecule has 3 rings (SSSR count). The summed E-state index contributed by atoms with van der Waals surface area (Å²) >= 11 is 0. The van der Waals surface area contributed by atoms with Gasteiger partial charge in [0.2, 0.25) is 0 Å². The van der Waals surface area contributed by atoms with Crippen molar-refractivity contribution in [1.82, 2.24) is 19.8 Å². The van der Waals surface area contributed by atoms with Crippen molar-refractivity contribution < 1.29 is 13.9 Å². The van der Waals surface area contributed by atoms with E-state index in [0.717, 1.165) is 44.0 Å². The highest BCUT2D eigenvalue weighted by Gasteiger charge is 2.26. The topological polar surface area (TPSA) is 71.8 Å². The molecular weight excluding hydrogens is 488 g/mol. The van der Waals surface area contributed by atoms with Gasteiger partial charge in [0.15, 0.2) is 5.96 Å². The number of benzene rings is 1. The van der Waals surface area contributed by atoms with Gasteiger partial charge in [-0.1, -0.05) is 6.07 Å². The first-order chi connectivity index (χ1) is 13.6. The first-order valence-electron chi connectivity index (χ1n) is 9.50. The Bertz CT molecular complexity index is 820. The van der Waals surface area contributed by atoms with Gasteiger partial charge < -0.3 is 19.5 Å². The SMILES string of the molecule is CCNC(=NCc1ccc(-n2ccnc2)c(F)c1)N1CCC(C(=O)OC)CC1.I. The third-order valence-electron chi connectivity index (χ3n) is 4.87. The van der Waals surface area contributed by atoms with Gasteiger partial charge in [0.25, 0.3) is 0 Å². The van der Waals surface area contributed by atoms with Crippen LogP contribution < -0.4 is 5.32 Å². The van der Waals surface area contributed by atoms with Gasteiger partial charge in [0.1, 0.15) is 5.82 Å². The van der Waals surface area contributed by atoms with Crippen molar-refractivity contribution in [3.8, 4) is 5.69 Å². The summed E-state index contributed by atoms with van der Waals surface area (Å²) in [5.74, 6) is 0.281. The predicted octanol–water partition coefficient (Wildman–Crippen LogP) is 2.98. The summed E-state index contributed by atoms with van der Waals surface area (Å²) in [6.45, 7) is 4.60. The molecule has 0 atom stereocenters. The summed E-state index contributed by atoms with van der Waals surface area (Å²) in [6, 6.07) is 5.11. The Hall–Kier alpha value is -2.17. The van der Waals surface area contributed by atoms with Crippen molar-refractivity contribution in [2.45, 2.75) is 26.3 Å². The number of nitrogens with one attached hydrogen (secondary N) is 1. The molecule has 2 aromatic rings. The molecule has 29 heavy (non-hydrogen) atoms. The average Bonchev–Trinajstić information content (AvgIpc) is 3.25. The third kappa shape index (κ3) is 5.91. The van der Waals surface area contributed by atoms with Crippen molar-refractivity contribution in [2.24, 2.45) is 10.9 Å². The number of piperidine rings is 1. The number of halogens is 2. The normalized spacial score (nSPS) is 15.0. The lowest BCUT2D eigenvalue weighted by molar-refractivity contribution is -0.146. The molecule has 1 fully saturated rings. The molecule has 0 saturated carbocycles. The van der Waals surface area contributed by atoms with Gasteiger partial charge in [0.05, 0.1) is 31.6 Å². The fourth-order valence-electron chi connectivity index (χ4n) is 3.35. The number of imidazole rings is 1. The molecule has 158 valence electrons. The van der Waals surface area contributed by atoms with Crippen LogP contribution in [-0.4, -0.2) is 53.1 Å². The molecule has 1 saturated heterocycles. The summed E-state index contributed by atoms with van der Waals surface area (Å²) in [7, 11) is 1.43. The molecular formula is C20H27FIN5O2. The van der Waals surface area contributed by atoms with E-state index in [1.807, 2.05) is 13.0 Å². The second-order valence-corrected chi connectivity index (χ2v) is 6.71. The van der Waals surface area contributed by atoms with Crippen LogP contribution >= 0.6 is 24.0 Å². The molecule has 1 aromatic carbocycles. The van der Waals surface area contributed by atoms with E-state index < -0.39 is 0 Å². The number of ether oxygens (including phenoxy) is 1. The molecule has 2 heterocycles. The lowest BCUT2D eigenvalue weighted by atomic mass is 9.97. The molecule has 9 heteroatoms. The second kappa shape index (κ2) is 11.1. The highest BCUT2D eigenvalue weighted by atomic mass is 127. The summed E-state index contributed by atoms with van der Waals surface area (Å²) < 4.78 is 20.9. The highest BCUT2D eigenvalue weighted by Crippen LogP contribution is 2.19. The molecule has 0 radical (unpaired) electrons. The molecule has 1 aromatic heterocycles. The Labute approximate surface area is 187 Å². The van der Waals surface area contributed by atoms with Crippen LogP contribution in [0.2, 0.25) is 0 Å². The van der Waals surface area contributed by atoms with E-state index in [0.29, 0.717) is 12.2 Å². The van der Waals surface area contributed by atoms with E-state index in [1.165, 1.54) is 13.2 Å². The van der Waals surface area contributed by atoms with Crippen LogP contribution in [0.4, 0.5) is 4.39 Å². The molecule has 1 N–H and O–H groups in total. The van der Waals surface area contributed by atoms with Gasteiger partial charge in [0, 0.05) is 32.0 Å². The summed E-state index contributed by atoms with van der Waals surface area (Å²) in [4.78, 5) is 22.4. The minimum absolute atomic E-state index is 0. The monoisotopic (exact) mass is 515 g/mol. The van der Waals surface area contributed by atoms with E-state index in [2.05, 4.69) is 20.2 Å². The molecule has 0 unspecified atom stereocenters. The number of hydrogen-bond acceptors (Lipinski definition) is 4. The van der Waals surface area contributed by atoms with Crippen molar-refractivity contribution in [2.75, 3.05) is 26.7 Å². The Balaban J connectivity index is 0.00000300. The average molecular weight is 515 g/mol. The number of aliphatic imine (C=N–C) groups is 1. The van der Waals surface area contributed by atoms with Crippen LogP contribution in [0.25, 0.3) is 5.69 Å². The number of likely N-dealkylation sites (tertiary alicyclic amines) is 1. The van der Waals surface area contributed by atoms with E-state index in [9.17, 15) is 9.18 Å². The Kier molecular flexibility index (Phi) is 8.87. The zero-order valence-electron chi connectivity index (χ0n) is 16.7. The number of carbonyl (C=O) groups is 1. The third-order valence-corrected chi connectivity index (χ3v) is 4.87. The molecule has 7 nitrogen and oxygen atoms in total. The number of rotatable bonds is 5. The van der Waals surface area contributed by atoms with Crippen molar-refractivity contribution >= 4 is 35.9 Å². The van der Waals surface area contributed by atoms with Crippen LogP contribution in [0.1, 0.15) is 25.3 Å². The van der Waals surface area contributed by atoms with E-state index in [4.69, 9.17) is 4.74 Å². The maximum atomic E-state index is 14.4. The number of carbonyl (C=O) groups excluding carboxylic acids is 1. The molecule has 0 bridgehead atoms. The number of methoxy groups -OCH3 is 1. The van der Waals surface area contributed by atoms with Crippen LogP contribution in [0.5, 0.6) is 0 Å². The maximum Gasteiger partial charge on any atom is 0.308 e. The minimum Gasteiger partial charge on any atom is -0.469 e. The van der Waals surface area contributed by atoms with Crippen LogP contribution in [0, 0.1) is 11.7 Å². The smallest absolute Gasteiger partial charge is 0.308 e. The number of aromatic nitrogens is 2. The van der Waals surface area contributed by atoms with Gasteiger partial charge in [-0.3, -0.25) is 4.79 Å². The fraction of sp³-hybridized carbons (Fsp3) is 0.450. The fourth-order valence-corrected chi connectivity index (χ4v) is 3.35. The largest absolute Gasteiger partial charge is 0.469 e. The maximum absolute atomic E-state index is 14.4. The standard InChI is InChI=1S/C20H26FN5O2.HI/c1-3-23-20(25-9-6-16(7-10-25)19(27)28-2)24-13-15-4-5-18(17(21)12-15)26-11-8-22-14-26;/h4-5,8,11-12,14,16H,3,6-7,9-10,13H2,1-2H3,(H,23,24);1H. The first kappa shape index (κ1) is 23.1. The Morgan fingerprint density at radius 1 is 1.38 bits per heavy atom. The summed E-state index contributed by atoms with van der Waals surface area (Å²) in [5, 5.41) is 3.28. The lowest BCUT2D eigenvalue weighted by Gasteiger charge is -2.33. The molecule has 0 amide bonds. The van der Waals surface area contributed by atoms with E-state index >= 15 is 0 Å². The van der Waals surface area contributed by atoms with Crippen molar-refractivity contribution in [1.29, 1.82) is 0 Å². The van der Waals surface area contributed by atoms with Crippen LogP contribution in [-0.2, 0) is 16.1 Å². The predicted molar refractivity (Wildman–Crippen MR) is 120 cm³/mol. The summed E-state index contributed by atoms with van der Waals surface area (Å²) in [5.41, 5.74) is 1.25. The minimum atomic E-state index is -0.311. The second-order valence-electron chi connectivity index (χ2n) is 6.71. The van der Waals surface area contributed by atoms with Crippen molar-refractivity contribution in [3.63, 3.8) is 0 Å². The van der Waals surface area contributed by atoms with E-state index in [1.54, 1.807) is 29.4 Å². The molecule has 1 aliphatic heterocycles. The quantitative estimate of drug-likeness (QED) is 0.287. The zero-order valence-corrected chi connectivity index (χ0v) is 19.0. The molecule has 0 spiro atoms. The van der Waals surface area contributed by atoms with Gasteiger partial charge in [-0.15, -0.1) is 24.0 Å². The Morgan fingerprint density at radius 3 is 2.72 bits per heavy atom. The van der Waals surface area contributed by atoms with Crippen molar-refractivity contribution in [3.05, 3.63) is 48.3 Å². The van der Waals surface area contributed by atoms with Gasteiger partial charge in [-0.2, -0.15) is 0 Å². The number of esters is 1. The molecule has 1 aliphatic rings. The van der Waals surface area contributed by atoms with E-state index in [-0.39, 0.29) is 41.7 Å². The van der Waals surface area contributed by atoms with Crippen LogP contribution in [0.15, 0.2) is 41.9 Å².